The van der Waals surface area contributed by atoms with Crippen molar-refractivity contribution in [3.8, 4) is 11.3 Å². The SMILES string of the molecule is CCOC(=O)c1cn2cc(-c3cncc(F)c3)nc2n1C. The number of nitrogens with zero attached hydrogens (tertiary/aromatic N) is 4. The molecule has 0 aliphatic rings. The molecule has 0 aromatic carbocycles. The fraction of sp³-hybridized carbons (Fsp3) is 0.214. The maximum atomic E-state index is 13.2. The van der Waals surface area contributed by atoms with Gasteiger partial charge in [-0.25, -0.2) is 14.2 Å². The second-order valence-electron chi connectivity index (χ2n) is 4.52. The lowest BCUT2D eigenvalue weighted by atomic mass is 10.2. The highest BCUT2D eigenvalue weighted by Crippen LogP contribution is 2.20. The van der Waals surface area contributed by atoms with Gasteiger partial charge in [-0.3, -0.25) is 9.38 Å². The van der Waals surface area contributed by atoms with E-state index in [9.17, 15) is 9.18 Å². The van der Waals surface area contributed by atoms with Gasteiger partial charge in [-0.15, -0.1) is 0 Å². The molecule has 0 bridgehead atoms. The van der Waals surface area contributed by atoms with Crippen LogP contribution in [0.3, 0.4) is 0 Å². The predicted octanol–water partition coefficient (Wildman–Crippen LogP) is 2.05. The van der Waals surface area contributed by atoms with Crippen molar-refractivity contribution in [3.05, 3.63) is 42.4 Å². The van der Waals surface area contributed by atoms with Gasteiger partial charge < -0.3 is 9.30 Å². The Labute approximate surface area is 119 Å². The molecular formula is C14H13FN4O2. The van der Waals surface area contributed by atoms with Gasteiger partial charge in [-0.2, -0.15) is 0 Å². The quantitative estimate of drug-likeness (QED) is 0.692. The van der Waals surface area contributed by atoms with E-state index in [0.717, 1.165) is 6.20 Å². The number of carbonyl (C=O) groups excluding carboxylic acids is 1. The number of fused-ring (bicyclic) bond motifs is 1. The second-order valence-corrected chi connectivity index (χ2v) is 4.52. The van der Waals surface area contributed by atoms with Crippen molar-refractivity contribution in [3.63, 3.8) is 0 Å². The Kier molecular flexibility index (Phi) is 3.17. The molecule has 0 radical (unpaired) electrons. The van der Waals surface area contributed by atoms with E-state index < -0.39 is 11.8 Å². The Balaban J connectivity index is 2.05. The average molecular weight is 288 g/mol. The number of rotatable bonds is 3. The van der Waals surface area contributed by atoms with Crippen molar-refractivity contribution >= 4 is 11.7 Å². The van der Waals surface area contributed by atoms with Crippen LogP contribution < -0.4 is 0 Å². The van der Waals surface area contributed by atoms with Crippen molar-refractivity contribution in [2.45, 2.75) is 6.92 Å². The molecule has 0 atom stereocenters. The van der Waals surface area contributed by atoms with Crippen LogP contribution in [0.5, 0.6) is 0 Å². The highest BCUT2D eigenvalue weighted by atomic mass is 19.1. The number of ether oxygens (including phenoxy) is 1. The van der Waals surface area contributed by atoms with Crippen LogP contribution in [-0.2, 0) is 11.8 Å². The summed E-state index contributed by atoms with van der Waals surface area (Å²) in [5.74, 6) is -0.256. The number of carbonyl (C=O) groups is 1. The molecule has 0 spiro atoms. The molecule has 6 nitrogen and oxygen atoms in total. The minimum Gasteiger partial charge on any atom is -0.461 e. The van der Waals surface area contributed by atoms with Crippen LogP contribution in [-0.4, -0.2) is 31.5 Å². The molecule has 0 saturated carbocycles. The van der Waals surface area contributed by atoms with E-state index in [1.807, 2.05) is 0 Å². The number of aryl methyl sites for hydroxylation is 1. The minimum absolute atomic E-state index is 0.312. The monoisotopic (exact) mass is 288 g/mol. The highest BCUT2D eigenvalue weighted by Gasteiger charge is 2.17. The Morgan fingerprint density at radius 1 is 1.38 bits per heavy atom. The lowest BCUT2D eigenvalue weighted by Gasteiger charge is -2.01. The van der Waals surface area contributed by atoms with Gasteiger partial charge in [0.15, 0.2) is 0 Å². The van der Waals surface area contributed by atoms with Crippen molar-refractivity contribution in [1.29, 1.82) is 0 Å². The number of hydrogen-bond donors (Lipinski definition) is 0. The first kappa shape index (κ1) is 13.3. The Hall–Kier alpha value is -2.70. The average Bonchev–Trinajstić information content (AvgIpc) is 2.99. The number of esters is 1. The molecule has 3 aromatic heterocycles. The van der Waals surface area contributed by atoms with E-state index in [-0.39, 0.29) is 0 Å². The van der Waals surface area contributed by atoms with Gasteiger partial charge >= 0.3 is 5.97 Å². The van der Waals surface area contributed by atoms with E-state index >= 15 is 0 Å². The van der Waals surface area contributed by atoms with Gasteiger partial charge in [-0.05, 0) is 13.0 Å². The first-order valence-corrected chi connectivity index (χ1v) is 6.42. The molecule has 0 saturated heterocycles. The van der Waals surface area contributed by atoms with E-state index in [0.29, 0.717) is 29.3 Å². The summed E-state index contributed by atoms with van der Waals surface area (Å²) in [5, 5.41) is 0. The molecular weight excluding hydrogens is 275 g/mol. The van der Waals surface area contributed by atoms with E-state index in [1.165, 1.54) is 12.3 Å². The van der Waals surface area contributed by atoms with Gasteiger partial charge in [0.05, 0.1) is 18.5 Å². The summed E-state index contributed by atoms with van der Waals surface area (Å²) >= 11 is 0. The summed E-state index contributed by atoms with van der Waals surface area (Å²) in [6.45, 7) is 2.06. The number of pyridine rings is 1. The summed E-state index contributed by atoms with van der Waals surface area (Å²) in [5.41, 5.74) is 1.57. The van der Waals surface area contributed by atoms with Crippen LogP contribution >= 0.6 is 0 Å². The summed E-state index contributed by atoms with van der Waals surface area (Å²) in [6, 6.07) is 1.36. The zero-order valence-corrected chi connectivity index (χ0v) is 11.6. The highest BCUT2D eigenvalue weighted by molar-refractivity contribution is 5.88. The van der Waals surface area contributed by atoms with Crippen molar-refractivity contribution < 1.29 is 13.9 Å². The third-order valence-corrected chi connectivity index (χ3v) is 3.12. The zero-order valence-electron chi connectivity index (χ0n) is 11.6. The van der Waals surface area contributed by atoms with Crippen molar-refractivity contribution in [1.82, 2.24) is 18.9 Å². The molecule has 3 rings (SSSR count). The van der Waals surface area contributed by atoms with Crippen LogP contribution in [0.4, 0.5) is 4.39 Å². The number of halogens is 1. The number of hydrogen-bond acceptors (Lipinski definition) is 4. The molecule has 3 aromatic rings. The van der Waals surface area contributed by atoms with Crippen LogP contribution in [0.2, 0.25) is 0 Å². The number of aromatic nitrogens is 4. The van der Waals surface area contributed by atoms with Crippen molar-refractivity contribution in [2.24, 2.45) is 7.05 Å². The predicted molar refractivity (Wildman–Crippen MR) is 73.3 cm³/mol. The molecule has 0 unspecified atom stereocenters. The Morgan fingerprint density at radius 3 is 2.86 bits per heavy atom. The number of imidazole rings is 2. The Morgan fingerprint density at radius 2 is 2.19 bits per heavy atom. The van der Waals surface area contributed by atoms with Gasteiger partial charge in [0.2, 0.25) is 5.78 Å². The smallest absolute Gasteiger partial charge is 0.356 e. The third-order valence-electron chi connectivity index (χ3n) is 3.12. The Bertz CT molecular complexity index is 822. The van der Waals surface area contributed by atoms with Gasteiger partial charge in [0.25, 0.3) is 0 Å². The largest absolute Gasteiger partial charge is 0.461 e. The molecule has 3 heterocycles. The maximum Gasteiger partial charge on any atom is 0.356 e. The van der Waals surface area contributed by atoms with Crippen LogP contribution in [0.15, 0.2) is 30.9 Å². The minimum atomic E-state index is -0.420. The molecule has 0 fully saturated rings. The van der Waals surface area contributed by atoms with Crippen LogP contribution in [0, 0.1) is 5.82 Å². The summed E-state index contributed by atoms with van der Waals surface area (Å²) in [6.07, 6.45) is 6.03. The van der Waals surface area contributed by atoms with Gasteiger partial charge in [0, 0.05) is 31.2 Å². The molecule has 0 aliphatic heterocycles. The summed E-state index contributed by atoms with van der Waals surface area (Å²) < 4.78 is 21.5. The standard InChI is InChI=1S/C14H13FN4O2/c1-3-21-13(20)12-8-19-7-11(17-14(19)18(12)2)9-4-10(15)6-16-5-9/h4-8H,3H2,1-2H3. The molecule has 0 aliphatic carbocycles. The topological polar surface area (TPSA) is 61.4 Å². The van der Waals surface area contributed by atoms with Gasteiger partial charge in [-0.1, -0.05) is 0 Å². The van der Waals surface area contributed by atoms with Crippen LogP contribution in [0.1, 0.15) is 17.4 Å². The molecule has 108 valence electrons. The van der Waals surface area contributed by atoms with Crippen LogP contribution in [0.25, 0.3) is 17.0 Å². The first-order chi connectivity index (χ1) is 10.1. The molecule has 21 heavy (non-hydrogen) atoms. The normalized spacial score (nSPS) is 11.0. The third kappa shape index (κ3) is 2.26. The lowest BCUT2D eigenvalue weighted by Crippen LogP contribution is -2.09. The first-order valence-electron chi connectivity index (χ1n) is 6.42. The van der Waals surface area contributed by atoms with Gasteiger partial charge in [0.1, 0.15) is 11.5 Å². The molecule has 7 heteroatoms. The van der Waals surface area contributed by atoms with E-state index in [1.54, 1.807) is 35.3 Å². The lowest BCUT2D eigenvalue weighted by molar-refractivity contribution is 0.0515. The van der Waals surface area contributed by atoms with Crippen molar-refractivity contribution in [2.75, 3.05) is 6.61 Å². The maximum absolute atomic E-state index is 13.2. The second kappa shape index (κ2) is 5.01. The van der Waals surface area contributed by atoms with E-state index in [4.69, 9.17) is 4.74 Å². The fourth-order valence-electron chi connectivity index (χ4n) is 2.14. The summed E-state index contributed by atoms with van der Waals surface area (Å²) in [4.78, 5) is 20.0. The fourth-order valence-corrected chi connectivity index (χ4v) is 2.14. The zero-order chi connectivity index (χ0) is 15.0. The summed E-state index contributed by atoms with van der Waals surface area (Å²) in [7, 11) is 1.72. The van der Waals surface area contributed by atoms with E-state index in [2.05, 4.69) is 9.97 Å². The molecule has 0 amide bonds. The molecule has 0 N–H and O–H groups in total.